The number of amides is 1. The molecule has 2 N–H and O–H groups in total. The summed E-state index contributed by atoms with van der Waals surface area (Å²) in [5.41, 5.74) is -0.277. The van der Waals surface area contributed by atoms with Gasteiger partial charge in [-0.2, -0.15) is 5.26 Å². The van der Waals surface area contributed by atoms with Crippen molar-refractivity contribution in [3.63, 3.8) is 0 Å². The minimum atomic E-state index is -0.280. The van der Waals surface area contributed by atoms with Crippen LogP contribution in [0, 0.1) is 11.3 Å². The van der Waals surface area contributed by atoms with Gasteiger partial charge in [0.1, 0.15) is 6.04 Å². The van der Waals surface area contributed by atoms with Crippen LogP contribution in [-0.4, -0.2) is 46.7 Å². The normalized spacial score (nSPS) is 29.4. The van der Waals surface area contributed by atoms with Gasteiger partial charge in [-0.05, 0) is 32.6 Å². The van der Waals surface area contributed by atoms with Gasteiger partial charge < -0.3 is 15.3 Å². The minimum absolute atomic E-state index is 0.0173. The molecule has 0 aromatic heterocycles. The molecule has 0 radical (unpaired) electrons. The molecule has 2 fully saturated rings. The molecular formula is C14H23N3O2. The maximum Gasteiger partial charge on any atom is 0.237 e. The number of hydrogen-bond acceptors (Lipinski definition) is 4. The second kappa shape index (κ2) is 5.89. The molecule has 0 unspecified atom stereocenters. The van der Waals surface area contributed by atoms with Gasteiger partial charge in [0, 0.05) is 11.6 Å². The molecule has 5 nitrogen and oxygen atoms in total. The van der Waals surface area contributed by atoms with Crippen molar-refractivity contribution in [1.82, 2.24) is 10.2 Å². The number of nitriles is 1. The molecule has 2 atom stereocenters. The summed E-state index contributed by atoms with van der Waals surface area (Å²) in [6.07, 6.45) is 5.72. The third kappa shape index (κ3) is 2.90. The van der Waals surface area contributed by atoms with Gasteiger partial charge in [-0.15, -0.1) is 0 Å². The lowest BCUT2D eigenvalue weighted by Crippen LogP contribution is -2.52. The van der Waals surface area contributed by atoms with E-state index in [0.717, 1.165) is 38.5 Å². The Hall–Kier alpha value is -1.12. The van der Waals surface area contributed by atoms with Gasteiger partial charge in [0.25, 0.3) is 0 Å². The summed E-state index contributed by atoms with van der Waals surface area (Å²) < 4.78 is 0. The Morgan fingerprint density at radius 1 is 1.47 bits per heavy atom. The number of nitrogens with zero attached hydrogens (tertiary/aromatic N) is 2. The predicted octanol–water partition coefficient (Wildman–Crippen LogP) is 0.784. The van der Waals surface area contributed by atoms with Crippen molar-refractivity contribution in [1.29, 1.82) is 5.26 Å². The Bertz CT molecular complexity index is 371. The highest BCUT2D eigenvalue weighted by Gasteiger charge is 2.37. The molecule has 1 aliphatic carbocycles. The predicted molar refractivity (Wildman–Crippen MR) is 71.2 cm³/mol. The number of aliphatic hydroxyl groups excluding tert-OH is 1. The summed E-state index contributed by atoms with van der Waals surface area (Å²) in [5, 5.41) is 21.8. The van der Waals surface area contributed by atoms with Crippen LogP contribution in [0.2, 0.25) is 0 Å². The molecular weight excluding hydrogens is 242 g/mol. The number of hydrogen-bond donors (Lipinski definition) is 2. The number of likely N-dealkylation sites (tertiary alicyclic amines) is 1. The van der Waals surface area contributed by atoms with Gasteiger partial charge in [-0.25, -0.2) is 0 Å². The van der Waals surface area contributed by atoms with Gasteiger partial charge >= 0.3 is 0 Å². The van der Waals surface area contributed by atoms with Crippen LogP contribution in [0.5, 0.6) is 0 Å². The van der Waals surface area contributed by atoms with E-state index in [1.807, 2.05) is 6.92 Å². The van der Waals surface area contributed by atoms with E-state index in [9.17, 15) is 9.90 Å². The quantitative estimate of drug-likeness (QED) is 0.787. The van der Waals surface area contributed by atoms with Crippen LogP contribution in [0.15, 0.2) is 0 Å². The summed E-state index contributed by atoms with van der Waals surface area (Å²) >= 11 is 0. The number of rotatable bonds is 4. The van der Waals surface area contributed by atoms with Crippen molar-refractivity contribution in [3.8, 4) is 6.07 Å². The van der Waals surface area contributed by atoms with Gasteiger partial charge in [-0.1, -0.05) is 12.8 Å². The summed E-state index contributed by atoms with van der Waals surface area (Å²) in [6, 6.07) is 2.07. The third-order valence-corrected chi connectivity index (χ3v) is 4.58. The number of carbonyl (C=O) groups excluding carboxylic acids is 1. The second-order valence-electron chi connectivity index (χ2n) is 5.87. The molecule has 1 saturated carbocycles. The van der Waals surface area contributed by atoms with Crippen LogP contribution in [0.1, 0.15) is 45.4 Å². The van der Waals surface area contributed by atoms with Crippen molar-refractivity contribution in [3.05, 3.63) is 0 Å². The molecule has 0 bridgehead atoms. The highest BCUT2D eigenvalue weighted by Crippen LogP contribution is 2.29. The van der Waals surface area contributed by atoms with Crippen molar-refractivity contribution in [2.24, 2.45) is 0 Å². The molecule has 106 valence electrons. The first-order valence-electron chi connectivity index (χ1n) is 7.18. The molecule has 2 aliphatic rings. The summed E-state index contributed by atoms with van der Waals surface area (Å²) in [4.78, 5) is 14.0. The van der Waals surface area contributed by atoms with Crippen molar-refractivity contribution < 1.29 is 9.90 Å². The molecule has 1 amide bonds. The Kier molecular flexibility index (Phi) is 4.43. The maximum absolute atomic E-state index is 12.3. The number of carbonyl (C=O) groups is 1. The number of nitrogens with one attached hydrogen (secondary N) is 1. The zero-order chi connectivity index (χ0) is 13.9. The van der Waals surface area contributed by atoms with E-state index >= 15 is 0 Å². The van der Waals surface area contributed by atoms with Crippen LogP contribution in [0.4, 0.5) is 0 Å². The van der Waals surface area contributed by atoms with Gasteiger partial charge in [-0.3, -0.25) is 4.79 Å². The van der Waals surface area contributed by atoms with E-state index in [4.69, 9.17) is 5.26 Å². The maximum atomic E-state index is 12.3. The van der Waals surface area contributed by atoms with Crippen LogP contribution in [0.3, 0.4) is 0 Å². The largest absolute Gasteiger partial charge is 0.394 e. The summed E-state index contributed by atoms with van der Waals surface area (Å²) in [5.74, 6) is -0.0173. The molecule has 0 aromatic rings. The molecule has 5 heteroatoms. The highest BCUT2D eigenvalue weighted by atomic mass is 16.3. The van der Waals surface area contributed by atoms with Gasteiger partial charge in [0.05, 0.1) is 19.2 Å². The first-order chi connectivity index (χ1) is 9.12. The Labute approximate surface area is 114 Å². The lowest BCUT2D eigenvalue weighted by atomic mass is 9.99. The minimum Gasteiger partial charge on any atom is -0.394 e. The fourth-order valence-electron chi connectivity index (χ4n) is 3.33. The number of aliphatic hydroxyl groups is 1. The van der Waals surface area contributed by atoms with E-state index in [-0.39, 0.29) is 36.7 Å². The first kappa shape index (κ1) is 14.3. The lowest BCUT2D eigenvalue weighted by molar-refractivity contribution is -0.132. The molecule has 1 saturated heterocycles. The molecule has 19 heavy (non-hydrogen) atoms. The summed E-state index contributed by atoms with van der Waals surface area (Å²) in [6.45, 7) is 2.30. The average Bonchev–Trinajstić information content (AvgIpc) is 3.03. The van der Waals surface area contributed by atoms with E-state index in [0.29, 0.717) is 0 Å². The third-order valence-electron chi connectivity index (χ3n) is 4.58. The fraction of sp³-hybridized carbons (Fsp3) is 0.857. The SMILES string of the molecule is C[C@@H]1CC[C@H](C#N)N1C(=O)CNC1(CO)CCCC1. The van der Waals surface area contributed by atoms with Crippen LogP contribution < -0.4 is 5.32 Å². The van der Waals surface area contributed by atoms with Gasteiger partial charge in [0.2, 0.25) is 5.91 Å². The first-order valence-corrected chi connectivity index (χ1v) is 7.18. The molecule has 1 heterocycles. The van der Waals surface area contributed by atoms with E-state index in [1.54, 1.807) is 4.90 Å². The Morgan fingerprint density at radius 3 is 2.74 bits per heavy atom. The van der Waals surface area contributed by atoms with Crippen molar-refractivity contribution in [2.45, 2.75) is 63.1 Å². The zero-order valence-corrected chi connectivity index (χ0v) is 11.6. The molecule has 1 aliphatic heterocycles. The smallest absolute Gasteiger partial charge is 0.237 e. The summed E-state index contributed by atoms with van der Waals surface area (Å²) in [7, 11) is 0. The zero-order valence-electron chi connectivity index (χ0n) is 11.6. The molecule has 2 rings (SSSR count). The van der Waals surface area contributed by atoms with Crippen LogP contribution in [0.25, 0.3) is 0 Å². The molecule has 0 aromatic carbocycles. The van der Waals surface area contributed by atoms with Crippen LogP contribution in [-0.2, 0) is 4.79 Å². The Balaban J connectivity index is 1.92. The second-order valence-corrected chi connectivity index (χ2v) is 5.87. The average molecular weight is 265 g/mol. The van der Waals surface area contributed by atoms with E-state index in [2.05, 4.69) is 11.4 Å². The Morgan fingerprint density at radius 2 is 2.16 bits per heavy atom. The van der Waals surface area contributed by atoms with Gasteiger partial charge in [0.15, 0.2) is 0 Å². The fourth-order valence-corrected chi connectivity index (χ4v) is 3.33. The van der Waals surface area contributed by atoms with Crippen molar-refractivity contribution >= 4 is 5.91 Å². The van der Waals surface area contributed by atoms with Crippen LogP contribution >= 0.6 is 0 Å². The van der Waals surface area contributed by atoms with E-state index in [1.165, 1.54) is 0 Å². The lowest BCUT2D eigenvalue weighted by Gasteiger charge is -2.30. The van der Waals surface area contributed by atoms with Crippen molar-refractivity contribution in [2.75, 3.05) is 13.2 Å². The monoisotopic (exact) mass is 265 g/mol. The molecule has 0 spiro atoms. The topological polar surface area (TPSA) is 76.4 Å². The van der Waals surface area contributed by atoms with E-state index < -0.39 is 0 Å². The highest BCUT2D eigenvalue weighted by molar-refractivity contribution is 5.79. The standard InChI is InChI=1S/C14H23N3O2/c1-11-4-5-12(8-15)17(11)13(19)9-16-14(10-18)6-2-3-7-14/h11-12,16,18H,2-7,9-10H2,1H3/t11-,12-/m1/s1.